The van der Waals surface area contributed by atoms with Crippen molar-refractivity contribution in [2.24, 2.45) is 0 Å². The van der Waals surface area contributed by atoms with Gasteiger partial charge in [0.25, 0.3) is 0 Å². The summed E-state index contributed by atoms with van der Waals surface area (Å²) in [5, 5.41) is 0. The van der Waals surface area contributed by atoms with Crippen LogP contribution in [0.3, 0.4) is 0 Å². The summed E-state index contributed by atoms with van der Waals surface area (Å²) in [4.78, 5) is 0. The standard InChI is InChI=1S/C11H13B/c1-3-4-10-5-7-11(8-6-10)9(2)12/h3-9H,1-2H3/b4-3+. The third-order valence-electron chi connectivity index (χ3n) is 1.82. The largest absolute Gasteiger partial charge is 0.0871 e. The SMILES string of the molecule is [B]C(C)c1ccc(/C=C/C)cc1. The average Bonchev–Trinajstić information content (AvgIpc) is 2.06. The number of hydrogen-bond donors (Lipinski definition) is 0. The Morgan fingerprint density at radius 3 is 2.25 bits per heavy atom. The highest BCUT2D eigenvalue weighted by Crippen LogP contribution is 2.12. The second-order valence-corrected chi connectivity index (χ2v) is 2.96. The Hall–Kier alpha value is -0.975. The highest BCUT2D eigenvalue weighted by Gasteiger charge is 1.96. The van der Waals surface area contributed by atoms with Crippen molar-refractivity contribution < 1.29 is 0 Å². The van der Waals surface area contributed by atoms with Crippen LogP contribution in [0.5, 0.6) is 0 Å². The fourth-order valence-corrected chi connectivity index (χ4v) is 1.10. The molecule has 0 saturated carbocycles. The van der Waals surface area contributed by atoms with E-state index in [0.717, 1.165) is 0 Å². The van der Waals surface area contributed by atoms with Crippen molar-refractivity contribution in [3.05, 3.63) is 41.5 Å². The van der Waals surface area contributed by atoms with Crippen LogP contribution in [0.4, 0.5) is 0 Å². The summed E-state index contributed by atoms with van der Waals surface area (Å²) in [5.74, 6) is 0.129. The van der Waals surface area contributed by atoms with Gasteiger partial charge in [-0.25, -0.2) is 0 Å². The van der Waals surface area contributed by atoms with E-state index in [4.69, 9.17) is 7.85 Å². The van der Waals surface area contributed by atoms with Crippen molar-refractivity contribution in [3.8, 4) is 0 Å². The van der Waals surface area contributed by atoms with Crippen molar-refractivity contribution in [1.29, 1.82) is 0 Å². The van der Waals surface area contributed by atoms with Crippen molar-refractivity contribution in [2.45, 2.75) is 19.7 Å². The normalized spacial score (nSPS) is 13.5. The van der Waals surface area contributed by atoms with Gasteiger partial charge < -0.3 is 0 Å². The van der Waals surface area contributed by atoms with Gasteiger partial charge in [-0.05, 0) is 12.5 Å². The molecule has 1 aromatic rings. The molecular formula is C11H13B. The molecule has 0 bridgehead atoms. The Bertz CT molecular complexity index is 257. The summed E-state index contributed by atoms with van der Waals surface area (Å²) in [5.41, 5.74) is 2.41. The van der Waals surface area contributed by atoms with Crippen molar-refractivity contribution in [3.63, 3.8) is 0 Å². The van der Waals surface area contributed by atoms with Gasteiger partial charge in [-0.3, -0.25) is 0 Å². The molecule has 0 aliphatic rings. The van der Waals surface area contributed by atoms with Crippen LogP contribution in [0.1, 0.15) is 30.8 Å². The molecule has 0 aliphatic heterocycles. The number of rotatable bonds is 2. The lowest BCUT2D eigenvalue weighted by Gasteiger charge is -2.04. The summed E-state index contributed by atoms with van der Waals surface area (Å²) in [6.07, 6.45) is 4.10. The first-order valence-electron chi connectivity index (χ1n) is 4.22. The molecule has 1 heteroatoms. The molecule has 1 atom stereocenters. The van der Waals surface area contributed by atoms with E-state index in [2.05, 4.69) is 30.3 Å². The van der Waals surface area contributed by atoms with E-state index in [1.54, 1.807) is 0 Å². The highest BCUT2D eigenvalue weighted by atomic mass is 14.0. The zero-order valence-electron chi connectivity index (χ0n) is 7.62. The first-order chi connectivity index (χ1) is 5.74. The lowest BCUT2D eigenvalue weighted by molar-refractivity contribution is 1.08. The fraction of sp³-hybridized carbons (Fsp3) is 0.273. The summed E-state index contributed by atoms with van der Waals surface area (Å²) in [6.45, 7) is 4.00. The maximum atomic E-state index is 5.72. The summed E-state index contributed by atoms with van der Waals surface area (Å²) in [6, 6.07) is 8.30. The van der Waals surface area contributed by atoms with Crippen LogP contribution in [0.15, 0.2) is 30.3 Å². The summed E-state index contributed by atoms with van der Waals surface area (Å²) in [7, 11) is 5.72. The molecule has 0 heterocycles. The van der Waals surface area contributed by atoms with Gasteiger partial charge >= 0.3 is 0 Å². The van der Waals surface area contributed by atoms with Crippen LogP contribution < -0.4 is 0 Å². The van der Waals surface area contributed by atoms with Gasteiger partial charge in [0.05, 0.1) is 7.85 Å². The molecular weight excluding hydrogens is 143 g/mol. The summed E-state index contributed by atoms with van der Waals surface area (Å²) >= 11 is 0. The molecule has 0 N–H and O–H groups in total. The van der Waals surface area contributed by atoms with Crippen molar-refractivity contribution in [2.75, 3.05) is 0 Å². The zero-order valence-corrected chi connectivity index (χ0v) is 7.62. The molecule has 1 aromatic carbocycles. The monoisotopic (exact) mass is 156 g/mol. The molecule has 1 rings (SSSR count). The Labute approximate surface area is 75.7 Å². The number of hydrogen-bond acceptors (Lipinski definition) is 0. The lowest BCUT2D eigenvalue weighted by atomic mass is 9.83. The van der Waals surface area contributed by atoms with E-state index in [0.29, 0.717) is 0 Å². The molecule has 0 aromatic heterocycles. The maximum absolute atomic E-state index is 5.72. The zero-order chi connectivity index (χ0) is 8.97. The molecule has 0 fully saturated rings. The Balaban J connectivity index is 2.85. The number of benzene rings is 1. The molecule has 60 valence electrons. The van der Waals surface area contributed by atoms with E-state index in [1.807, 2.05) is 19.9 Å². The molecule has 0 nitrogen and oxygen atoms in total. The van der Waals surface area contributed by atoms with Gasteiger partial charge in [-0.2, -0.15) is 0 Å². The molecule has 1 unspecified atom stereocenters. The van der Waals surface area contributed by atoms with Crippen LogP contribution >= 0.6 is 0 Å². The van der Waals surface area contributed by atoms with Gasteiger partial charge in [0, 0.05) is 0 Å². The Morgan fingerprint density at radius 1 is 1.25 bits per heavy atom. The minimum atomic E-state index is 0.129. The topological polar surface area (TPSA) is 0 Å². The van der Waals surface area contributed by atoms with Crippen molar-refractivity contribution >= 4 is 13.9 Å². The molecule has 0 aliphatic carbocycles. The van der Waals surface area contributed by atoms with Gasteiger partial charge in [-0.15, -0.1) is 0 Å². The molecule has 0 amide bonds. The van der Waals surface area contributed by atoms with Crippen LogP contribution in [-0.2, 0) is 0 Å². The Kier molecular flexibility index (Phi) is 3.15. The van der Waals surface area contributed by atoms with Crippen LogP contribution in [0, 0.1) is 0 Å². The first-order valence-corrected chi connectivity index (χ1v) is 4.22. The van der Waals surface area contributed by atoms with E-state index < -0.39 is 0 Å². The van der Waals surface area contributed by atoms with Gasteiger partial charge in [0.15, 0.2) is 0 Å². The maximum Gasteiger partial charge on any atom is 0.0759 e. The van der Waals surface area contributed by atoms with Gasteiger partial charge in [-0.1, -0.05) is 54.7 Å². The first kappa shape index (κ1) is 9.12. The summed E-state index contributed by atoms with van der Waals surface area (Å²) < 4.78 is 0. The second kappa shape index (κ2) is 4.15. The fourth-order valence-electron chi connectivity index (χ4n) is 1.10. The average molecular weight is 156 g/mol. The molecule has 0 spiro atoms. The van der Waals surface area contributed by atoms with Gasteiger partial charge in [0.1, 0.15) is 0 Å². The van der Waals surface area contributed by atoms with E-state index in [9.17, 15) is 0 Å². The lowest BCUT2D eigenvalue weighted by Crippen LogP contribution is -1.90. The quantitative estimate of drug-likeness (QED) is 0.577. The molecule has 12 heavy (non-hydrogen) atoms. The third-order valence-corrected chi connectivity index (χ3v) is 1.82. The van der Waals surface area contributed by atoms with Crippen molar-refractivity contribution in [1.82, 2.24) is 0 Å². The van der Waals surface area contributed by atoms with E-state index >= 15 is 0 Å². The smallest absolute Gasteiger partial charge is 0.0759 e. The highest BCUT2D eigenvalue weighted by molar-refractivity contribution is 6.12. The number of allylic oxidation sites excluding steroid dienone is 1. The van der Waals surface area contributed by atoms with Crippen LogP contribution in [0.2, 0.25) is 0 Å². The minimum Gasteiger partial charge on any atom is -0.0871 e. The van der Waals surface area contributed by atoms with E-state index in [1.165, 1.54) is 11.1 Å². The second-order valence-electron chi connectivity index (χ2n) is 2.96. The van der Waals surface area contributed by atoms with E-state index in [-0.39, 0.29) is 5.82 Å². The predicted octanol–water partition coefficient (Wildman–Crippen LogP) is 2.95. The van der Waals surface area contributed by atoms with Gasteiger partial charge in [0.2, 0.25) is 0 Å². The predicted molar refractivity (Wildman–Crippen MR) is 55.3 cm³/mol. The minimum absolute atomic E-state index is 0.129. The third kappa shape index (κ3) is 2.26. The Morgan fingerprint density at radius 2 is 1.83 bits per heavy atom. The molecule has 2 radical (unpaired) electrons. The van der Waals surface area contributed by atoms with Crippen LogP contribution in [-0.4, -0.2) is 7.85 Å². The molecule has 0 saturated heterocycles. The van der Waals surface area contributed by atoms with Crippen LogP contribution in [0.25, 0.3) is 6.08 Å².